The Morgan fingerprint density at radius 3 is 1.44 bits per heavy atom. The van der Waals surface area contributed by atoms with E-state index < -0.39 is 0 Å². The third-order valence-electron chi connectivity index (χ3n) is 2.69. The van der Waals surface area contributed by atoms with Gasteiger partial charge in [0.2, 0.25) is 0 Å². The van der Waals surface area contributed by atoms with Gasteiger partial charge in [0.15, 0.2) is 0 Å². The topological polar surface area (TPSA) is 21.3 Å². The Labute approximate surface area is 113 Å². The predicted molar refractivity (Wildman–Crippen MR) is 80.2 cm³/mol. The standard InChI is InChI=1S/C10H14.C4H9NO.C2H6/c1-3-9-5-7-10(4-2)8-6-9;1-3-6-4-2-5-1;1-2/h5-8H,3-4H2,1-2H3;5H,1-4H2;1-2H3. The molecular formula is C16H29NO. The van der Waals surface area contributed by atoms with Gasteiger partial charge in [0, 0.05) is 13.1 Å². The zero-order valence-corrected chi connectivity index (χ0v) is 12.5. The van der Waals surface area contributed by atoms with Crippen LogP contribution in [0.5, 0.6) is 0 Å². The Bertz CT molecular complexity index is 230. The molecule has 0 spiro atoms. The van der Waals surface area contributed by atoms with Gasteiger partial charge >= 0.3 is 0 Å². The van der Waals surface area contributed by atoms with Crippen LogP contribution in [0.2, 0.25) is 0 Å². The molecule has 2 heteroatoms. The van der Waals surface area contributed by atoms with E-state index in [1.165, 1.54) is 11.1 Å². The van der Waals surface area contributed by atoms with Crippen LogP contribution in [0, 0.1) is 0 Å². The summed E-state index contributed by atoms with van der Waals surface area (Å²) >= 11 is 0. The molecule has 1 heterocycles. The number of benzene rings is 1. The largest absolute Gasteiger partial charge is 0.379 e. The van der Waals surface area contributed by atoms with Crippen LogP contribution in [0.15, 0.2) is 24.3 Å². The molecule has 104 valence electrons. The van der Waals surface area contributed by atoms with Crippen molar-refractivity contribution in [3.63, 3.8) is 0 Å². The van der Waals surface area contributed by atoms with Gasteiger partial charge in [-0.25, -0.2) is 0 Å². The molecular weight excluding hydrogens is 222 g/mol. The maximum atomic E-state index is 5.01. The van der Waals surface area contributed by atoms with Crippen molar-refractivity contribution in [2.24, 2.45) is 0 Å². The molecule has 1 aliphatic heterocycles. The number of hydrogen-bond acceptors (Lipinski definition) is 2. The van der Waals surface area contributed by atoms with Gasteiger partial charge < -0.3 is 10.1 Å². The number of hydrogen-bond donors (Lipinski definition) is 1. The van der Waals surface area contributed by atoms with E-state index in [0.717, 1.165) is 39.1 Å². The van der Waals surface area contributed by atoms with Gasteiger partial charge in [-0.15, -0.1) is 0 Å². The van der Waals surface area contributed by atoms with Crippen molar-refractivity contribution < 1.29 is 4.74 Å². The third kappa shape index (κ3) is 8.26. The van der Waals surface area contributed by atoms with E-state index in [-0.39, 0.29) is 0 Å². The van der Waals surface area contributed by atoms with Crippen molar-refractivity contribution in [2.75, 3.05) is 26.3 Å². The molecule has 0 unspecified atom stereocenters. The zero-order chi connectivity index (χ0) is 13.6. The van der Waals surface area contributed by atoms with Crippen LogP contribution in [0.4, 0.5) is 0 Å². The lowest BCUT2D eigenvalue weighted by molar-refractivity contribution is 0.109. The van der Waals surface area contributed by atoms with E-state index >= 15 is 0 Å². The number of rotatable bonds is 2. The second-order valence-corrected chi connectivity index (χ2v) is 3.89. The lowest BCUT2D eigenvalue weighted by Crippen LogP contribution is -2.30. The van der Waals surface area contributed by atoms with E-state index in [0.29, 0.717) is 0 Å². The molecule has 0 radical (unpaired) electrons. The van der Waals surface area contributed by atoms with Gasteiger partial charge in [-0.1, -0.05) is 52.0 Å². The summed E-state index contributed by atoms with van der Waals surface area (Å²) in [5.41, 5.74) is 2.86. The summed E-state index contributed by atoms with van der Waals surface area (Å²) in [5, 5.41) is 3.16. The molecule has 1 N–H and O–H groups in total. The first-order valence-corrected chi connectivity index (χ1v) is 7.23. The minimum atomic E-state index is 0.889. The summed E-state index contributed by atoms with van der Waals surface area (Å²) in [6.07, 6.45) is 2.29. The Balaban J connectivity index is 0.000000308. The Morgan fingerprint density at radius 1 is 0.889 bits per heavy atom. The average molecular weight is 251 g/mol. The highest BCUT2D eigenvalue weighted by Crippen LogP contribution is 2.04. The van der Waals surface area contributed by atoms with Gasteiger partial charge in [0.05, 0.1) is 13.2 Å². The Kier molecular flexibility index (Phi) is 12.0. The first-order valence-electron chi connectivity index (χ1n) is 7.23. The summed E-state index contributed by atoms with van der Waals surface area (Å²) in [5.74, 6) is 0. The smallest absolute Gasteiger partial charge is 0.0591 e. The fraction of sp³-hybridized carbons (Fsp3) is 0.625. The van der Waals surface area contributed by atoms with E-state index in [1.54, 1.807) is 0 Å². The molecule has 1 aliphatic rings. The molecule has 2 rings (SSSR count). The average Bonchev–Trinajstić information content (AvgIpc) is 2.52. The summed E-state index contributed by atoms with van der Waals surface area (Å²) < 4.78 is 5.01. The Morgan fingerprint density at radius 2 is 1.28 bits per heavy atom. The fourth-order valence-corrected chi connectivity index (χ4v) is 1.53. The van der Waals surface area contributed by atoms with E-state index in [4.69, 9.17) is 4.74 Å². The molecule has 18 heavy (non-hydrogen) atoms. The van der Waals surface area contributed by atoms with Gasteiger partial charge in [-0.05, 0) is 24.0 Å². The molecule has 0 amide bonds. The molecule has 1 aromatic rings. The van der Waals surface area contributed by atoms with Crippen LogP contribution >= 0.6 is 0 Å². The predicted octanol–water partition coefficient (Wildman–Crippen LogP) is 3.44. The molecule has 1 saturated heterocycles. The first-order chi connectivity index (χ1) is 8.86. The minimum Gasteiger partial charge on any atom is -0.379 e. The lowest BCUT2D eigenvalue weighted by Gasteiger charge is -2.10. The lowest BCUT2D eigenvalue weighted by atomic mass is 10.1. The van der Waals surface area contributed by atoms with Crippen molar-refractivity contribution in [1.29, 1.82) is 0 Å². The molecule has 0 aliphatic carbocycles. The number of nitrogens with one attached hydrogen (secondary N) is 1. The van der Waals surface area contributed by atoms with E-state index in [1.807, 2.05) is 13.8 Å². The first kappa shape index (κ1) is 17.1. The second kappa shape index (κ2) is 12.6. The highest BCUT2D eigenvalue weighted by atomic mass is 16.5. The van der Waals surface area contributed by atoms with Gasteiger partial charge in [0.25, 0.3) is 0 Å². The number of aryl methyl sites for hydroxylation is 2. The fourth-order valence-electron chi connectivity index (χ4n) is 1.53. The van der Waals surface area contributed by atoms with Crippen molar-refractivity contribution in [1.82, 2.24) is 5.32 Å². The minimum absolute atomic E-state index is 0.889. The van der Waals surface area contributed by atoms with E-state index in [9.17, 15) is 0 Å². The van der Waals surface area contributed by atoms with Gasteiger partial charge in [-0.3, -0.25) is 0 Å². The normalized spacial score (nSPS) is 13.8. The van der Waals surface area contributed by atoms with Crippen molar-refractivity contribution in [3.8, 4) is 0 Å². The summed E-state index contributed by atoms with van der Waals surface area (Å²) in [6.45, 7) is 12.2. The van der Waals surface area contributed by atoms with Crippen LogP contribution in [-0.4, -0.2) is 26.3 Å². The van der Waals surface area contributed by atoms with Crippen LogP contribution in [0.25, 0.3) is 0 Å². The zero-order valence-electron chi connectivity index (χ0n) is 12.5. The third-order valence-corrected chi connectivity index (χ3v) is 2.69. The van der Waals surface area contributed by atoms with Crippen molar-refractivity contribution in [2.45, 2.75) is 40.5 Å². The maximum absolute atomic E-state index is 5.01. The summed E-state index contributed by atoms with van der Waals surface area (Å²) in [6, 6.07) is 8.83. The summed E-state index contributed by atoms with van der Waals surface area (Å²) in [7, 11) is 0. The second-order valence-electron chi connectivity index (χ2n) is 3.89. The Hall–Kier alpha value is -0.860. The molecule has 0 saturated carbocycles. The van der Waals surface area contributed by atoms with Gasteiger partial charge in [0.1, 0.15) is 0 Å². The van der Waals surface area contributed by atoms with Crippen LogP contribution in [-0.2, 0) is 17.6 Å². The summed E-state index contributed by atoms with van der Waals surface area (Å²) in [4.78, 5) is 0. The van der Waals surface area contributed by atoms with Crippen molar-refractivity contribution in [3.05, 3.63) is 35.4 Å². The SMILES string of the molecule is C1COCCN1.CC.CCc1ccc(CC)cc1. The monoisotopic (exact) mass is 251 g/mol. The van der Waals surface area contributed by atoms with Crippen LogP contribution < -0.4 is 5.32 Å². The maximum Gasteiger partial charge on any atom is 0.0591 e. The van der Waals surface area contributed by atoms with Crippen molar-refractivity contribution >= 4 is 0 Å². The molecule has 0 aromatic heterocycles. The molecule has 0 atom stereocenters. The number of ether oxygens (including phenoxy) is 1. The van der Waals surface area contributed by atoms with Crippen LogP contribution in [0.3, 0.4) is 0 Å². The van der Waals surface area contributed by atoms with Crippen LogP contribution in [0.1, 0.15) is 38.8 Å². The highest BCUT2D eigenvalue weighted by molar-refractivity contribution is 5.22. The molecule has 1 aromatic carbocycles. The van der Waals surface area contributed by atoms with Gasteiger partial charge in [-0.2, -0.15) is 0 Å². The molecule has 0 bridgehead atoms. The molecule has 1 fully saturated rings. The molecule has 2 nitrogen and oxygen atoms in total. The quantitative estimate of drug-likeness (QED) is 0.869. The van der Waals surface area contributed by atoms with E-state index in [2.05, 4.69) is 43.4 Å². The highest BCUT2D eigenvalue weighted by Gasteiger charge is 1.93. The number of morpholine rings is 1.